The molecule has 3 heteroatoms. The summed E-state index contributed by atoms with van der Waals surface area (Å²) in [4.78, 5) is 14.0. The van der Waals surface area contributed by atoms with E-state index in [9.17, 15) is 4.79 Å². The quantitative estimate of drug-likeness (QED) is 0.858. The van der Waals surface area contributed by atoms with E-state index in [4.69, 9.17) is 0 Å². The van der Waals surface area contributed by atoms with Crippen molar-refractivity contribution < 1.29 is 4.79 Å². The number of hydrogen-bond donors (Lipinski definition) is 1. The molecular formula is C14H20N2O. The molecule has 1 aliphatic heterocycles. The minimum atomic E-state index is -0.0386. The monoisotopic (exact) mass is 232 g/mol. The van der Waals surface area contributed by atoms with Gasteiger partial charge >= 0.3 is 0 Å². The molecule has 2 rings (SSSR count). The Balaban J connectivity index is 2.04. The van der Waals surface area contributed by atoms with Crippen molar-refractivity contribution in [1.82, 2.24) is 10.2 Å². The van der Waals surface area contributed by atoms with Crippen molar-refractivity contribution in [2.75, 3.05) is 13.1 Å². The molecule has 0 bridgehead atoms. The number of carbonyl (C=O) groups is 1. The van der Waals surface area contributed by atoms with Crippen molar-refractivity contribution in [3.63, 3.8) is 0 Å². The highest BCUT2D eigenvalue weighted by Gasteiger charge is 2.24. The van der Waals surface area contributed by atoms with E-state index in [1.165, 1.54) is 11.1 Å². The fourth-order valence-electron chi connectivity index (χ4n) is 2.34. The van der Waals surface area contributed by atoms with Gasteiger partial charge in [0, 0.05) is 19.6 Å². The van der Waals surface area contributed by atoms with Gasteiger partial charge in [0.15, 0.2) is 0 Å². The summed E-state index contributed by atoms with van der Waals surface area (Å²) in [5, 5.41) is 2.89. The van der Waals surface area contributed by atoms with E-state index in [1.807, 2.05) is 13.8 Å². The van der Waals surface area contributed by atoms with Crippen LogP contribution in [0.5, 0.6) is 0 Å². The Hall–Kier alpha value is -1.35. The molecule has 0 radical (unpaired) electrons. The van der Waals surface area contributed by atoms with Crippen LogP contribution in [0.2, 0.25) is 0 Å². The third kappa shape index (κ3) is 2.67. The molecule has 3 nitrogen and oxygen atoms in total. The molecule has 0 saturated carbocycles. The number of nitrogens with zero attached hydrogens (tertiary/aromatic N) is 1. The summed E-state index contributed by atoms with van der Waals surface area (Å²) in [6.45, 7) is 6.49. The molecule has 1 aliphatic rings. The molecule has 1 N–H and O–H groups in total. The number of hydrogen-bond acceptors (Lipinski definition) is 2. The van der Waals surface area contributed by atoms with E-state index in [-0.39, 0.29) is 11.9 Å². The number of rotatable bonds is 3. The zero-order valence-corrected chi connectivity index (χ0v) is 10.6. The molecule has 1 amide bonds. The smallest absolute Gasteiger partial charge is 0.237 e. The molecule has 0 saturated heterocycles. The molecule has 0 aromatic heterocycles. The summed E-state index contributed by atoms with van der Waals surface area (Å²) >= 11 is 0. The fraction of sp³-hybridized carbons (Fsp3) is 0.500. The maximum Gasteiger partial charge on any atom is 0.237 e. The molecule has 1 heterocycles. The van der Waals surface area contributed by atoms with Crippen LogP contribution in [0.1, 0.15) is 25.0 Å². The van der Waals surface area contributed by atoms with Crippen molar-refractivity contribution in [1.29, 1.82) is 0 Å². The molecular weight excluding hydrogens is 212 g/mol. The summed E-state index contributed by atoms with van der Waals surface area (Å²) in [7, 11) is 0. The Morgan fingerprint density at radius 1 is 1.41 bits per heavy atom. The van der Waals surface area contributed by atoms with Crippen molar-refractivity contribution in [3.8, 4) is 0 Å². The summed E-state index contributed by atoms with van der Waals surface area (Å²) in [6, 6.07) is 8.46. The van der Waals surface area contributed by atoms with Crippen molar-refractivity contribution in [2.45, 2.75) is 32.9 Å². The average molecular weight is 232 g/mol. The van der Waals surface area contributed by atoms with E-state index >= 15 is 0 Å². The second kappa shape index (κ2) is 5.32. The number of carbonyl (C=O) groups excluding carboxylic acids is 1. The summed E-state index contributed by atoms with van der Waals surface area (Å²) in [5.41, 5.74) is 2.78. The van der Waals surface area contributed by atoms with Gasteiger partial charge in [0.25, 0.3) is 0 Å². The molecule has 17 heavy (non-hydrogen) atoms. The first-order valence-corrected chi connectivity index (χ1v) is 6.31. The lowest BCUT2D eigenvalue weighted by atomic mass is 9.99. The Labute approximate surface area is 103 Å². The highest BCUT2D eigenvalue weighted by Crippen LogP contribution is 2.20. The first-order chi connectivity index (χ1) is 8.22. The van der Waals surface area contributed by atoms with Crippen molar-refractivity contribution in [3.05, 3.63) is 35.4 Å². The molecule has 1 aromatic rings. The van der Waals surface area contributed by atoms with Crippen LogP contribution in [0.15, 0.2) is 24.3 Å². The minimum absolute atomic E-state index is 0.0386. The number of amides is 1. The van der Waals surface area contributed by atoms with E-state index in [0.717, 1.165) is 19.5 Å². The fourth-order valence-corrected chi connectivity index (χ4v) is 2.34. The summed E-state index contributed by atoms with van der Waals surface area (Å²) in [6.07, 6.45) is 1.04. The van der Waals surface area contributed by atoms with Gasteiger partial charge in [-0.2, -0.15) is 0 Å². The number of likely N-dealkylation sites (N-methyl/N-ethyl adjacent to an activating group) is 1. The molecule has 0 aliphatic carbocycles. The first kappa shape index (κ1) is 12.1. The third-order valence-corrected chi connectivity index (χ3v) is 3.44. The van der Waals surface area contributed by atoms with Crippen LogP contribution in [-0.4, -0.2) is 29.9 Å². The average Bonchev–Trinajstić information content (AvgIpc) is 2.37. The van der Waals surface area contributed by atoms with E-state index in [0.29, 0.717) is 6.54 Å². The van der Waals surface area contributed by atoms with Crippen LogP contribution in [0.3, 0.4) is 0 Å². The molecule has 0 unspecified atom stereocenters. The molecule has 0 spiro atoms. The van der Waals surface area contributed by atoms with Gasteiger partial charge in [-0.25, -0.2) is 0 Å². The molecule has 1 atom stereocenters. The Morgan fingerprint density at radius 2 is 2.12 bits per heavy atom. The highest BCUT2D eigenvalue weighted by molar-refractivity contribution is 5.81. The standard InChI is InChI=1S/C14H20N2O/c1-3-15-14(17)11(2)16-9-8-12-6-4-5-7-13(12)10-16/h4-7,11H,3,8-10H2,1-2H3,(H,15,17)/t11-/m0/s1. The molecule has 1 aromatic carbocycles. The van der Waals surface area contributed by atoms with Gasteiger partial charge in [-0.15, -0.1) is 0 Å². The zero-order chi connectivity index (χ0) is 12.3. The van der Waals surface area contributed by atoms with Crippen LogP contribution in [-0.2, 0) is 17.8 Å². The second-order valence-electron chi connectivity index (χ2n) is 4.56. The van der Waals surface area contributed by atoms with Crippen LogP contribution in [0.4, 0.5) is 0 Å². The van der Waals surface area contributed by atoms with Crippen LogP contribution in [0.25, 0.3) is 0 Å². The van der Waals surface area contributed by atoms with Gasteiger partial charge in [-0.3, -0.25) is 9.69 Å². The predicted octanol–water partition coefficient (Wildman–Crippen LogP) is 1.57. The van der Waals surface area contributed by atoms with Crippen molar-refractivity contribution in [2.24, 2.45) is 0 Å². The lowest BCUT2D eigenvalue weighted by Gasteiger charge is -2.32. The van der Waals surface area contributed by atoms with Crippen LogP contribution in [0, 0.1) is 0 Å². The Bertz CT molecular complexity index is 403. The number of fused-ring (bicyclic) bond motifs is 1. The van der Waals surface area contributed by atoms with Gasteiger partial charge < -0.3 is 5.32 Å². The van der Waals surface area contributed by atoms with Gasteiger partial charge in [-0.1, -0.05) is 24.3 Å². The minimum Gasteiger partial charge on any atom is -0.355 e. The maximum atomic E-state index is 11.8. The Morgan fingerprint density at radius 3 is 2.82 bits per heavy atom. The van der Waals surface area contributed by atoms with Gasteiger partial charge in [-0.05, 0) is 31.4 Å². The summed E-state index contributed by atoms with van der Waals surface area (Å²) < 4.78 is 0. The first-order valence-electron chi connectivity index (χ1n) is 6.31. The van der Waals surface area contributed by atoms with Gasteiger partial charge in [0.2, 0.25) is 5.91 Å². The SMILES string of the molecule is CCNC(=O)[C@H](C)N1CCc2ccccc2C1. The second-order valence-corrected chi connectivity index (χ2v) is 4.56. The van der Waals surface area contributed by atoms with E-state index in [2.05, 4.69) is 34.5 Å². The van der Waals surface area contributed by atoms with E-state index < -0.39 is 0 Å². The van der Waals surface area contributed by atoms with Crippen LogP contribution < -0.4 is 5.32 Å². The topological polar surface area (TPSA) is 32.3 Å². The predicted molar refractivity (Wildman–Crippen MR) is 68.7 cm³/mol. The van der Waals surface area contributed by atoms with Gasteiger partial charge in [0.05, 0.1) is 6.04 Å². The highest BCUT2D eigenvalue weighted by atomic mass is 16.2. The lowest BCUT2D eigenvalue weighted by Crippen LogP contribution is -2.46. The number of nitrogens with one attached hydrogen (secondary N) is 1. The normalized spacial score (nSPS) is 17.3. The Kier molecular flexibility index (Phi) is 3.79. The summed E-state index contributed by atoms with van der Waals surface area (Å²) in [5.74, 6) is 0.131. The number of benzene rings is 1. The molecule has 92 valence electrons. The maximum absolute atomic E-state index is 11.8. The zero-order valence-electron chi connectivity index (χ0n) is 10.6. The largest absolute Gasteiger partial charge is 0.355 e. The van der Waals surface area contributed by atoms with Crippen LogP contribution >= 0.6 is 0 Å². The van der Waals surface area contributed by atoms with Gasteiger partial charge in [0.1, 0.15) is 0 Å². The lowest BCUT2D eigenvalue weighted by molar-refractivity contribution is -0.126. The van der Waals surface area contributed by atoms with E-state index in [1.54, 1.807) is 0 Å². The third-order valence-electron chi connectivity index (χ3n) is 3.44. The van der Waals surface area contributed by atoms with Crippen molar-refractivity contribution >= 4 is 5.91 Å². The molecule has 0 fully saturated rings.